The van der Waals surface area contributed by atoms with Gasteiger partial charge in [-0.15, -0.1) is 0 Å². The van der Waals surface area contributed by atoms with Crippen molar-refractivity contribution >= 4 is 25.4 Å². The predicted molar refractivity (Wildman–Crippen MR) is 207 cm³/mol. The van der Waals surface area contributed by atoms with Crippen molar-refractivity contribution in [1.29, 1.82) is 0 Å². The number of ether oxygens (including phenoxy) is 2. The van der Waals surface area contributed by atoms with Gasteiger partial charge in [0, 0.05) is 19.3 Å². The van der Waals surface area contributed by atoms with E-state index in [0.29, 0.717) is 31.6 Å². The third-order valence-corrected chi connectivity index (χ3v) is 11.3. The number of unbranched alkanes of at least 4 members (excludes halogenated alkanes) is 17. The molecule has 0 saturated carbocycles. The van der Waals surface area contributed by atoms with Crippen LogP contribution in [0.25, 0.3) is 0 Å². The van der Waals surface area contributed by atoms with Crippen molar-refractivity contribution in [3.05, 3.63) is 24.3 Å². The Bertz CT molecular complexity index is 761. The summed E-state index contributed by atoms with van der Waals surface area (Å²) in [7, 11) is 3.61. The van der Waals surface area contributed by atoms with Crippen molar-refractivity contribution in [2.75, 3.05) is 46.2 Å². The normalized spacial score (nSPS) is 11.8. The first-order valence-corrected chi connectivity index (χ1v) is 21.7. The van der Waals surface area contributed by atoms with E-state index in [1.807, 2.05) is 12.2 Å². The van der Waals surface area contributed by atoms with Crippen molar-refractivity contribution in [2.45, 2.75) is 174 Å². The highest BCUT2D eigenvalue weighted by Crippen LogP contribution is 2.41. The van der Waals surface area contributed by atoms with Crippen LogP contribution in [0.15, 0.2) is 24.3 Å². The van der Waals surface area contributed by atoms with Gasteiger partial charge < -0.3 is 14.4 Å². The number of hydrogen-bond acceptors (Lipinski definition) is 6. The number of hydrogen-bond donors (Lipinski definition) is 0. The Morgan fingerprint density at radius 1 is 0.500 bits per heavy atom. The minimum atomic E-state index is -0.567. The van der Waals surface area contributed by atoms with E-state index in [0.717, 1.165) is 115 Å². The molecule has 48 heavy (non-hydrogen) atoms. The fourth-order valence-electron chi connectivity index (χ4n) is 5.60. The van der Waals surface area contributed by atoms with Gasteiger partial charge in [-0.2, -0.15) is 0 Å². The molecular formula is C41H76NO5P. The summed E-state index contributed by atoms with van der Waals surface area (Å²) >= 11 is 0. The Hall–Kier alpha value is -1.52. The third-order valence-electron chi connectivity index (χ3n) is 8.68. The topological polar surface area (TPSA) is 72.9 Å². The lowest BCUT2D eigenvalue weighted by Gasteiger charge is -2.17. The van der Waals surface area contributed by atoms with Crippen LogP contribution in [0.3, 0.4) is 0 Å². The quantitative estimate of drug-likeness (QED) is 0.0281. The van der Waals surface area contributed by atoms with Crippen LogP contribution in [0.4, 0.5) is 0 Å². The molecule has 0 radical (unpaired) electrons. The van der Waals surface area contributed by atoms with Crippen LogP contribution in [0.2, 0.25) is 0 Å². The summed E-state index contributed by atoms with van der Waals surface area (Å²) in [5, 5.41) is 0. The molecule has 0 aliphatic rings. The van der Waals surface area contributed by atoms with E-state index >= 15 is 0 Å². The second-order valence-corrected chi connectivity index (χ2v) is 16.2. The van der Waals surface area contributed by atoms with E-state index in [1.165, 1.54) is 51.4 Å². The molecule has 0 aromatic carbocycles. The molecule has 6 nitrogen and oxygen atoms in total. The van der Waals surface area contributed by atoms with Crippen LogP contribution in [0, 0.1) is 0 Å². The van der Waals surface area contributed by atoms with Gasteiger partial charge in [0.1, 0.15) is 13.2 Å². The van der Waals surface area contributed by atoms with Crippen LogP contribution in [0.1, 0.15) is 174 Å². The fourth-order valence-corrected chi connectivity index (χ4v) is 8.01. The van der Waals surface area contributed by atoms with E-state index in [4.69, 9.17) is 9.47 Å². The molecule has 0 spiro atoms. The molecule has 0 unspecified atom stereocenters. The summed E-state index contributed by atoms with van der Waals surface area (Å²) in [5.41, 5.74) is 0.513. The Kier molecular flexibility index (Phi) is 35.6. The van der Waals surface area contributed by atoms with E-state index < -0.39 is 7.92 Å². The molecule has 0 heterocycles. The SMILES string of the molecule is CCCCCC/C=C\COC(=O)CCCCCCCP(CCCCCCCC(=O)OC/C=C\CCCCCC)C(=O)CCCCN(C)C. The first-order chi connectivity index (χ1) is 23.4. The Balaban J connectivity index is 4.12. The third kappa shape index (κ3) is 34.3. The Morgan fingerprint density at radius 3 is 1.38 bits per heavy atom. The van der Waals surface area contributed by atoms with E-state index in [2.05, 4.69) is 45.0 Å². The van der Waals surface area contributed by atoms with Gasteiger partial charge >= 0.3 is 11.9 Å². The predicted octanol–water partition coefficient (Wildman–Crippen LogP) is 11.5. The first-order valence-electron chi connectivity index (χ1n) is 19.9. The molecule has 0 aliphatic carbocycles. The Morgan fingerprint density at radius 2 is 0.917 bits per heavy atom. The molecule has 280 valence electrons. The number of carbonyl (C=O) groups excluding carboxylic acids is 3. The maximum absolute atomic E-state index is 13.1. The largest absolute Gasteiger partial charge is 0.461 e. The minimum absolute atomic E-state index is 0.0924. The van der Waals surface area contributed by atoms with Gasteiger partial charge in [-0.3, -0.25) is 14.4 Å². The molecule has 0 aromatic heterocycles. The number of nitrogens with zero attached hydrogens (tertiary/aromatic N) is 1. The summed E-state index contributed by atoms with van der Waals surface area (Å²) in [4.78, 5) is 39.3. The van der Waals surface area contributed by atoms with Crippen molar-refractivity contribution in [3.8, 4) is 0 Å². The highest BCUT2D eigenvalue weighted by molar-refractivity contribution is 7.74. The maximum Gasteiger partial charge on any atom is 0.306 e. The summed E-state index contributed by atoms with van der Waals surface area (Å²) in [6, 6.07) is 0. The average Bonchev–Trinajstić information content (AvgIpc) is 3.07. The Labute approximate surface area is 298 Å². The van der Waals surface area contributed by atoms with Gasteiger partial charge in [0.15, 0.2) is 5.52 Å². The van der Waals surface area contributed by atoms with Crippen LogP contribution in [0.5, 0.6) is 0 Å². The molecule has 0 bridgehead atoms. The van der Waals surface area contributed by atoms with E-state index in [-0.39, 0.29) is 11.9 Å². The molecule has 0 rings (SSSR count). The molecule has 7 heteroatoms. The molecule has 0 fully saturated rings. The number of allylic oxidation sites excluding steroid dienone is 2. The lowest BCUT2D eigenvalue weighted by molar-refractivity contribution is -0.143. The van der Waals surface area contributed by atoms with Crippen molar-refractivity contribution in [2.24, 2.45) is 0 Å². The summed E-state index contributed by atoms with van der Waals surface area (Å²) in [6.45, 7) is 6.27. The summed E-state index contributed by atoms with van der Waals surface area (Å²) in [6.07, 6.45) is 36.9. The van der Waals surface area contributed by atoms with Gasteiger partial charge in [0.05, 0.1) is 0 Å². The smallest absolute Gasteiger partial charge is 0.306 e. The van der Waals surface area contributed by atoms with Gasteiger partial charge in [-0.25, -0.2) is 0 Å². The molecule has 0 N–H and O–H groups in total. The zero-order valence-electron chi connectivity index (χ0n) is 32.0. The fraction of sp³-hybridized carbons (Fsp3) is 0.829. The standard InChI is InChI=1S/C41H76NO5P/c1-5-7-9-11-13-19-27-35-46-39(43)31-23-17-15-21-29-37-48(41(45)33-25-26-34-42(3)4)38-30-22-16-18-24-32-40(44)47-36-28-20-14-12-10-8-6-2/h19-20,27-28H,5-18,21-26,29-38H2,1-4H3/b27-19-,28-20-. The van der Waals surface area contributed by atoms with Crippen LogP contribution in [-0.4, -0.2) is 68.5 Å². The lowest BCUT2D eigenvalue weighted by atomic mass is 10.1. The average molecular weight is 694 g/mol. The zero-order chi connectivity index (χ0) is 35.3. The second-order valence-electron chi connectivity index (χ2n) is 13.7. The van der Waals surface area contributed by atoms with Crippen LogP contribution < -0.4 is 0 Å². The molecule has 0 amide bonds. The van der Waals surface area contributed by atoms with Gasteiger partial charge in [0.25, 0.3) is 0 Å². The molecule has 0 aromatic rings. The van der Waals surface area contributed by atoms with E-state index in [1.54, 1.807) is 0 Å². The van der Waals surface area contributed by atoms with Gasteiger partial charge in [-0.1, -0.05) is 115 Å². The van der Waals surface area contributed by atoms with E-state index in [9.17, 15) is 14.4 Å². The highest BCUT2D eigenvalue weighted by Gasteiger charge is 2.17. The van der Waals surface area contributed by atoms with Gasteiger partial charge in [0.2, 0.25) is 0 Å². The van der Waals surface area contributed by atoms with Gasteiger partial charge in [-0.05, 0) is 105 Å². The second kappa shape index (κ2) is 36.8. The first kappa shape index (κ1) is 46.5. The van der Waals surface area contributed by atoms with Crippen LogP contribution >= 0.6 is 7.92 Å². The summed E-state index contributed by atoms with van der Waals surface area (Å²) < 4.78 is 10.7. The zero-order valence-corrected chi connectivity index (χ0v) is 32.9. The molecule has 0 saturated heterocycles. The minimum Gasteiger partial charge on any atom is -0.461 e. The van der Waals surface area contributed by atoms with Crippen molar-refractivity contribution in [1.82, 2.24) is 4.90 Å². The van der Waals surface area contributed by atoms with Crippen LogP contribution in [-0.2, 0) is 23.9 Å². The molecular weight excluding hydrogens is 617 g/mol. The number of carbonyl (C=O) groups is 3. The van der Waals surface area contributed by atoms with Crippen molar-refractivity contribution < 1.29 is 23.9 Å². The monoisotopic (exact) mass is 694 g/mol. The molecule has 0 atom stereocenters. The van der Waals surface area contributed by atoms with Crippen molar-refractivity contribution in [3.63, 3.8) is 0 Å². The summed E-state index contributed by atoms with van der Waals surface area (Å²) in [5.74, 6) is -0.185. The lowest BCUT2D eigenvalue weighted by Crippen LogP contribution is -2.13. The molecule has 0 aliphatic heterocycles. The number of esters is 2. The maximum atomic E-state index is 13.1. The highest BCUT2D eigenvalue weighted by atomic mass is 31.1. The number of rotatable bonds is 36.